The van der Waals surface area contributed by atoms with Crippen molar-refractivity contribution in [1.29, 1.82) is 0 Å². The molecule has 0 unspecified atom stereocenters. The largest absolute Gasteiger partial charge is 0.372 e. The highest BCUT2D eigenvalue weighted by molar-refractivity contribution is 7.89. The number of hydrogen-bond acceptors (Lipinski definition) is 4. The number of nitrogens with one attached hydrogen (secondary N) is 1. The molecular weight excluding hydrogens is 362 g/mol. The molecule has 0 atom stereocenters. The van der Waals surface area contributed by atoms with Crippen LogP contribution in [0.25, 0.3) is 0 Å². The summed E-state index contributed by atoms with van der Waals surface area (Å²) in [5.74, 6) is 0.0308. The van der Waals surface area contributed by atoms with Gasteiger partial charge in [0.25, 0.3) is 0 Å². The summed E-state index contributed by atoms with van der Waals surface area (Å²) >= 11 is 0. The molecule has 1 N–H and O–H groups in total. The van der Waals surface area contributed by atoms with Gasteiger partial charge in [-0.3, -0.25) is 4.79 Å². The van der Waals surface area contributed by atoms with E-state index in [1.165, 1.54) is 4.31 Å². The fourth-order valence-corrected chi connectivity index (χ4v) is 5.13. The molecule has 0 saturated carbocycles. The molecule has 1 aromatic rings. The zero-order valence-electron chi connectivity index (χ0n) is 17.0. The number of nitrogens with zero attached hydrogens (tertiary/aromatic N) is 2. The Morgan fingerprint density at radius 2 is 1.81 bits per heavy atom. The number of carbonyl (C=O) groups excluding carboxylic acids is 1. The number of rotatable bonds is 8. The molecule has 1 amide bonds. The molecule has 1 aliphatic rings. The first-order valence-electron chi connectivity index (χ1n) is 9.96. The molecule has 0 radical (unpaired) electrons. The van der Waals surface area contributed by atoms with Crippen molar-refractivity contribution in [3.8, 4) is 0 Å². The molecule has 0 spiro atoms. The van der Waals surface area contributed by atoms with Gasteiger partial charge in [-0.2, -0.15) is 0 Å². The minimum absolute atomic E-state index is 0.0128. The van der Waals surface area contributed by atoms with E-state index in [0.717, 1.165) is 30.0 Å². The SMILES string of the molecule is CCCS(=O)(=O)N1CCC(C(=O)Nc2ccc(N(CC)CC)cc2C)CC1. The van der Waals surface area contributed by atoms with Gasteiger partial charge in [-0.25, -0.2) is 12.7 Å². The Bertz CT molecular complexity index is 737. The van der Waals surface area contributed by atoms with Gasteiger partial charge in [-0.1, -0.05) is 6.92 Å². The molecule has 27 heavy (non-hydrogen) atoms. The highest BCUT2D eigenvalue weighted by Gasteiger charge is 2.30. The lowest BCUT2D eigenvalue weighted by molar-refractivity contribution is -0.120. The lowest BCUT2D eigenvalue weighted by Crippen LogP contribution is -2.42. The van der Waals surface area contributed by atoms with Gasteiger partial charge in [-0.05, 0) is 63.8 Å². The van der Waals surface area contributed by atoms with E-state index in [0.29, 0.717) is 32.4 Å². The monoisotopic (exact) mass is 395 g/mol. The van der Waals surface area contributed by atoms with Crippen LogP contribution in [0, 0.1) is 12.8 Å². The fraction of sp³-hybridized carbons (Fsp3) is 0.650. The molecule has 1 aromatic carbocycles. The Kier molecular flexibility index (Phi) is 7.68. The van der Waals surface area contributed by atoms with Crippen LogP contribution in [0.15, 0.2) is 18.2 Å². The summed E-state index contributed by atoms with van der Waals surface area (Å²) < 4.78 is 25.8. The quantitative estimate of drug-likeness (QED) is 0.734. The van der Waals surface area contributed by atoms with Crippen molar-refractivity contribution in [2.45, 2.75) is 47.0 Å². The number of piperidine rings is 1. The minimum Gasteiger partial charge on any atom is -0.372 e. The van der Waals surface area contributed by atoms with Gasteiger partial charge in [0.2, 0.25) is 15.9 Å². The normalized spacial score (nSPS) is 16.3. The number of hydrogen-bond donors (Lipinski definition) is 1. The van der Waals surface area contributed by atoms with Gasteiger partial charge >= 0.3 is 0 Å². The summed E-state index contributed by atoms with van der Waals surface area (Å²) in [7, 11) is -3.17. The van der Waals surface area contributed by atoms with Crippen LogP contribution in [-0.4, -0.2) is 50.6 Å². The topological polar surface area (TPSA) is 69.7 Å². The Morgan fingerprint density at radius 3 is 2.33 bits per heavy atom. The van der Waals surface area contributed by atoms with Crippen LogP contribution in [0.1, 0.15) is 45.6 Å². The average molecular weight is 396 g/mol. The molecule has 6 nitrogen and oxygen atoms in total. The van der Waals surface area contributed by atoms with Crippen molar-refractivity contribution in [3.63, 3.8) is 0 Å². The van der Waals surface area contributed by atoms with Gasteiger partial charge in [0.05, 0.1) is 5.75 Å². The summed E-state index contributed by atoms with van der Waals surface area (Å²) in [5.41, 5.74) is 3.03. The Hall–Kier alpha value is -1.60. The highest BCUT2D eigenvalue weighted by Crippen LogP contribution is 2.25. The first-order chi connectivity index (χ1) is 12.8. The zero-order chi connectivity index (χ0) is 20.0. The van der Waals surface area contributed by atoms with Gasteiger partial charge in [-0.15, -0.1) is 0 Å². The van der Waals surface area contributed by atoms with Gasteiger partial charge in [0.15, 0.2) is 0 Å². The molecule has 1 saturated heterocycles. The third-order valence-electron chi connectivity index (χ3n) is 5.28. The molecule has 7 heteroatoms. The summed E-state index contributed by atoms with van der Waals surface area (Å²) in [5, 5.41) is 3.04. The van der Waals surface area contributed by atoms with E-state index >= 15 is 0 Å². The van der Waals surface area contributed by atoms with E-state index in [1.54, 1.807) is 0 Å². The molecule has 2 rings (SSSR count). The van der Waals surface area contributed by atoms with E-state index in [-0.39, 0.29) is 17.6 Å². The van der Waals surface area contributed by atoms with Crippen LogP contribution < -0.4 is 10.2 Å². The number of carbonyl (C=O) groups is 1. The number of amides is 1. The van der Waals surface area contributed by atoms with E-state index in [4.69, 9.17) is 0 Å². The standard InChI is InChI=1S/C20H33N3O3S/c1-5-14-27(25,26)23-12-10-17(11-13-23)20(24)21-19-9-8-18(15-16(19)4)22(6-2)7-3/h8-9,15,17H,5-7,10-14H2,1-4H3,(H,21,24). The summed E-state index contributed by atoms with van der Waals surface area (Å²) in [6, 6.07) is 6.10. The third kappa shape index (κ3) is 5.45. The van der Waals surface area contributed by atoms with Crippen LogP contribution in [0.3, 0.4) is 0 Å². The Balaban J connectivity index is 1.96. The maximum atomic E-state index is 12.6. The molecule has 0 bridgehead atoms. The number of aryl methyl sites for hydroxylation is 1. The second-order valence-corrected chi connectivity index (χ2v) is 9.24. The second kappa shape index (κ2) is 9.55. The maximum absolute atomic E-state index is 12.6. The van der Waals surface area contributed by atoms with Crippen molar-refractivity contribution in [2.75, 3.05) is 42.1 Å². The summed E-state index contributed by atoms with van der Waals surface area (Å²) in [6.07, 6.45) is 1.77. The van der Waals surface area contributed by atoms with Crippen LogP contribution in [0.5, 0.6) is 0 Å². The van der Waals surface area contributed by atoms with Crippen molar-refractivity contribution >= 4 is 27.3 Å². The molecule has 1 aliphatic heterocycles. The smallest absolute Gasteiger partial charge is 0.227 e. The van der Waals surface area contributed by atoms with Gasteiger partial charge < -0.3 is 10.2 Å². The summed E-state index contributed by atoms with van der Waals surface area (Å²) in [4.78, 5) is 14.9. The molecule has 0 aromatic heterocycles. The van der Waals surface area contributed by atoms with E-state index < -0.39 is 10.0 Å². The van der Waals surface area contributed by atoms with Crippen molar-refractivity contribution < 1.29 is 13.2 Å². The highest BCUT2D eigenvalue weighted by atomic mass is 32.2. The van der Waals surface area contributed by atoms with Crippen LogP contribution in [0.4, 0.5) is 11.4 Å². The first kappa shape index (κ1) is 21.7. The summed E-state index contributed by atoms with van der Waals surface area (Å²) in [6.45, 7) is 10.9. The number of sulfonamides is 1. The molecule has 1 heterocycles. The minimum atomic E-state index is -3.17. The maximum Gasteiger partial charge on any atom is 0.227 e. The first-order valence-corrected chi connectivity index (χ1v) is 11.6. The van der Waals surface area contributed by atoms with E-state index in [1.807, 2.05) is 26.0 Å². The lowest BCUT2D eigenvalue weighted by atomic mass is 9.97. The van der Waals surface area contributed by atoms with Crippen LogP contribution in [-0.2, 0) is 14.8 Å². The van der Waals surface area contributed by atoms with Crippen molar-refractivity contribution in [2.24, 2.45) is 5.92 Å². The van der Waals surface area contributed by atoms with Gasteiger partial charge in [0.1, 0.15) is 0 Å². The molecule has 1 fully saturated rings. The molecule has 152 valence electrons. The Labute approximate surface area is 164 Å². The predicted molar refractivity (Wildman–Crippen MR) is 112 cm³/mol. The second-order valence-electron chi connectivity index (χ2n) is 7.15. The van der Waals surface area contributed by atoms with E-state index in [2.05, 4.69) is 30.1 Å². The molecular formula is C20H33N3O3S. The van der Waals surface area contributed by atoms with Crippen molar-refractivity contribution in [1.82, 2.24) is 4.31 Å². The van der Waals surface area contributed by atoms with Crippen LogP contribution >= 0.6 is 0 Å². The Morgan fingerprint density at radius 1 is 1.19 bits per heavy atom. The van der Waals surface area contributed by atoms with E-state index in [9.17, 15) is 13.2 Å². The predicted octanol–water partition coefficient (Wildman–Crippen LogP) is 3.23. The van der Waals surface area contributed by atoms with Gasteiger partial charge in [0, 0.05) is 43.5 Å². The van der Waals surface area contributed by atoms with Crippen LogP contribution in [0.2, 0.25) is 0 Å². The number of anilines is 2. The molecule has 0 aliphatic carbocycles. The average Bonchev–Trinajstić information content (AvgIpc) is 2.65. The van der Waals surface area contributed by atoms with Crippen molar-refractivity contribution in [3.05, 3.63) is 23.8 Å². The zero-order valence-corrected chi connectivity index (χ0v) is 17.8. The fourth-order valence-electron chi connectivity index (χ4n) is 3.59. The third-order valence-corrected chi connectivity index (χ3v) is 7.35. The number of benzene rings is 1. The lowest BCUT2D eigenvalue weighted by Gasteiger charge is -2.30.